The van der Waals surface area contributed by atoms with E-state index in [0.29, 0.717) is 0 Å². The molecule has 3 rings (SSSR count). The smallest absolute Gasteiger partial charge is 0.395 e. The summed E-state index contributed by atoms with van der Waals surface area (Å²) < 4.78 is 6.50. The van der Waals surface area contributed by atoms with E-state index in [0.717, 1.165) is 17.3 Å². The van der Waals surface area contributed by atoms with E-state index in [4.69, 9.17) is 4.42 Å². The first-order chi connectivity index (χ1) is 11.5. The third kappa shape index (κ3) is 3.14. The van der Waals surface area contributed by atoms with E-state index in [9.17, 15) is 14.9 Å². The molecule has 0 aliphatic carbocycles. The fourth-order valence-electron chi connectivity index (χ4n) is 2.16. The predicted octanol–water partition coefficient (Wildman–Crippen LogP) is 2.26. The molecular weight excluding hydrogens is 314 g/mol. The molecule has 1 aromatic carbocycles. The quantitative estimate of drug-likeness (QED) is 0.567. The van der Waals surface area contributed by atoms with Crippen molar-refractivity contribution in [3.05, 3.63) is 70.5 Å². The van der Waals surface area contributed by atoms with E-state index in [2.05, 4.69) is 15.4 Å². The van der Waals surface area contributed by atoms with Crippen molar-refractivity contribution in [2.45, 2.75) is 13.0 Å². The summed E-state index contributed by atoms with van der Waals surface area (Å²) in [6.07, 6.45) is 3.03. The highest BCUT2D eigenvalue weighted by atomic mass is 16.6. The summed E-state index contributed by atoms with van der Waals surface area (Å²) in [4.78, 5) is 25.8. The molecule has 1 unspecified atom stereocenters. The lowest BCUT2D eigenvalue weighted by Gasteiger charge is -2.13. The Hall–Kier alpha value is -3.49. The molecule has 0 fully saturated rings. The van der Waals surface area contributed by atoms with Gasteiger partial charge in [0.1, 0.15) is 17.6 Å². The van der Waals surface area contributed by atoms with Gasteiger partial charge >= 0.3 is 5.88 Å². The number of nitrogens with one attached hydrogen (secondary N) is 1. The van der Waals surface area contributed by atoms with Gasteiger partial charge in [-0.1, -0.05) is 12.1 Å². The maximum atomic E-state index is 12.1. The molecule has 0 aliphatic heterocycles. The van der Waals surface area contributed by atoms with Crippen molar-refractivity contribution in [2.24, 2.45) is 0 Å². The molecule has 0 aliphatic rings. The summed E-state index contributed by atoms with van der Waals surface area (Å²) in [6.45, 7) is 1.81. The molecule has 0 bridgehead atoms. The maximum Gasteiger partial charge on any atom is 0.433 e. The SMILES string of the molecule is CC(NC(=O)c1ccc([N+](=O)[O-])o1)c1ccc(-n2cncn2)cc1. The standard InChI is InChI=1S/C15H13N5O4/c1-10(18-15(21)13-6-7-14(24-13)20(22)23)11-2-4-12(5-3-11)19-9-16-8-17-19/h2-10H,1H3,(H,18,21). The molecule has 122 valence electrons. The Bertz CT molecular complexity index is 854. The lowest BCUT2D eigenvalue weighted by molar-refractivity contribution is -0.402. The van der Waals surface area contributed by atoms with Crippen molar-refractivity contribution < 1.29 is 14.1 Å². The summed E-state index contributed by atoms with van der Waals surface area (Å²) in [5.74, 6) is -1.09. The Morgan fingerprint density at radius 3 is 2.62 bits per heavy atom. The van der Waals surface area contributed by atoms with Gasteiger partial charge in [0.15, 0.2) is 5.76 Å². The molecule has 2 heterocycles. The minimum absolute atomic E-state index is 0.104. The second-order valence-electron chi connectivity index (χ2n) is 5.02. The van der Waals surface area contributed by atoms with Crippen LogP contribution >= 0.6 is 0 Å². The third-order valence-electron chi connectivity index (χ3n) is 3.42. The second-order valence-corrected chi connectivity index (χ2v) is 5.02. The average Bonchev–Trinajstić information content (AvgIpc) is 3.26. The Kier molecular flexibility index (Phi) is 4.06. The second kappa shape index (κ2) is 6.32. The van der Waals surface area contributed by atoms with Crippen molar-refractivity contribution in [1.29, 1.82) is 0 Å². The number of nitro groups is 1. The van der Waals surface area contributed by atoms with Crippen LogP contribution < -0.4 is 5.32 Å². The summed E-state index contributed by atoms with van der Waals surface area (Å²) in [5, 5.41) is 17.3. The Labute approximate surface area is 136 Å². The number of hydrogen-bond donors (Lipinski definition) is 1. The minimum Gasteiger partial charge on any atom is -0.395 e. The summed E-state index contributed by atoms with van der Waals surface area (Å²) >= 11 is 0. The van der Waals surface area contributed by atoms with E-state index < -0.39 is 16.7 Å². The normalized spacial score (nSPS) is 11.9. The fraction of sp³-hybridized carbons (Fsp3) is 0.133. The van der Waals surface area contributed by atoms with Crippen LogP contribution in [0.25, 0.3) is 5.69 Å². The van der Waals surface area contributed by atoms with Gasteiger partial charge in [-0.2, -0.15) is 5.10 Å². The van der Waals surface area contributed by atoms with Crippen LogP contribution in [0, 0.1) is 10.1 Å². The van der Waals surface area contributed by atoms with Crippen molar-refractivity contribution in [2.75, 3.05) is 0 Å². The summed E-state index contributed by atoms with van der Waals surface area (Å²) in [7, 11) is 0. The minimum atomic E-state index is -0.691. The number of aromatic nitrogens is 3. The topological polar surface area (TPSA) is 116 Å². The van der Waals surface area contributed by atoms with E-state index in [-0.39, 0.29) is 11.8 Å². The van der Waals surface area contributed by atoms with Gasteiger partial charge in [0.05, 0.1) is 17.8 Å². The first-order valence-corrected chi connectivity index (χ1v) is 7.04. The molecule has 0 spiro atoms. The Balaban J connectivity index is 1.68. The molecule has 9 heteroatoms. The zero-order valence-electron chi connectivity index (χ0n) is 12.6. The molecule has 1 N–H and O–H groups in total. The maximum absolute atomic E-state index is 12.1. The molecule has 0 radical (unpaired) electrons. The van der Waals surface area contributed by atoms with Gasteiger partial charge in [-0.15, -0.1) is 0 Å². The van der Waals surface area contributed by atoms with Crippen molar-refractivity contribution >= 4 is 11.8 Å². The Morgan fingerprint density at radius 2 is 2.04 bits per heavy atom. The molecule has 1 atom stereocenters. The highest BCUT2D eigenvalue weighted by Gasteiger charge is 2.19. The zero-order valence-corrected chi connectivity index (χ0v) is 12.6. The van der Waals surface area contributed by atoms with Crippen LogP contribution in [0.2, 0.25) is 0 Å². The number of rotatable bonds is 5. The van der Waals surface area contributed by atoms with Crippen LogP contribution in [0.4, 0.5) is 5.88 Å². The Morgan fingerprint density at radius 1 is 1.29 bits per heavy atom. The molecule has 9 nitrogen and oxygen atoms in total. The molecule has 2 aromatic heterocycles. The lowest BCUT2D eigenvalue weighted by atomic mass is 10.1. The number of hydrogen-bond acceptors (Lipinski definition) is 6. The van der Waals surface area contributed by atoms with Crippen molar-refractivity contribution in [3.8, 4) is 5.69 Å². The van der Waals surface area contributed by atoms with Crippen LogP contribution in [0.5, 0.6) is 0 Å². The van der Waals surface area contributed by atoms with Gasteiger partial charge in [0.25, 0.3) is 5.91 Å². The highest BCUT2D eigenvalue weighted by molar-refractivity contribution is 5.91. The molecular formula is C15H13N5O4. The summed E-state index contributed by atoms with van der Waals surface area (Å²) in [5.41, 5.74) is 1.71. The molecule has 24 heavy (non-hydrogen) atoms. The van der Waals surface area contributed by atoms with Gasteiger partial charge in [-0.05, 0) is 30.7 Å². The number of nitrogens with zero attached hydrogens (tertiary/aromatic N) is 4. The van der Waals surface area contributed by atoms with Gasteiger partial charge in [0.2, 0.25) is 0 Å². The van der Waals surface area contributed by atoms with Crippen LogP contribution in [-0.2, 0) is 0 Å². The van der Waals surface area contributed by atoms with Gasteiger partial charge < -0.3 is 9.73 Å². The van der Waals surface area contributed by atoms with Crippen LogP contribution in [0.15, 0.2) is 53.5 Å². The average molecular weight is 327 g/mol. The van der Waals surface area contributed by atoms with Crippen molar-refractivity contribution in [3.63, 3.8) is 0 Å². The molecule has 0 saturated carbocycles. The van der Waals surface area contributed by atoms with Crippen LogP contribution in [-0.4, -0.2) is 25.6 Å². The van der Waals surface area contributed by atoms with E-state index in [1.165, 1.54) is 12.4 Å². The number of carbonyl (C=O) groups is 1. The lowest BCUT2D eigenvalue weighted by Crippen LogP contribution is -2.26. The first-order valence-electron chi connectivity index (χ1n) is 7.04. The predicted molar refractivity (Wildman–Crippen MR) is 82.6 cm³/mol. The molecule has 3 aromatic rings. The van der Waals surface area contributed by atoms with Gasteiger partial charge in [0, 0.05) is 0 Å². The number of benzene rings is 1. The largest absolute Gasteiger partial charge is 0.433 e. The van der Waals surface area contributed by atoms with Gasteiger partial charge in [-0.25, -0.2) is 9.67 Å². The highest BCUT2D eigenvalue weighted by Crippen LogP contribution is 2.18. The van der Waals surface area contributed by atoms with Crippen LogP contribution in [0.1, 0.15) is 29.1 Å². The first kappa shape index (κ1) is 15.4. The number of amides is 1. The van der Waals surface area contributed by atoms with Crippen molar-refractivity contribution in [1.82, 2.24) is 20.1 Å². The number of furan rings is 1. The van der Waals surface area contributed by atoms with E-state index >= 15 is 0 Å². The molecule has 1 amide bonds. The third-order valence-corrected chi connectivity index (χ3v) is 3.42. The van der Waals surface area contributed by atoms with E-state index in [1.54, 1.807) is 17.9 Å². The van der Waals surface area contributed by atoms with E-state index in [1.807, 2.05) is 24.3 Å². The van der Waals surface area contributed by atoms with Crippen LogP contribution in [0.3, 0.4) is 0 Å². The zero-order chi connectivity index (χ0) is 17.1. The molecule has 0 saturated heterocycles. The summed E-state index contributed by atoms with van der Waals surface area (Å²) in [6, 6.07) is 9.53. The number of carbonyl (C=O) groups excluding carboxylic acids is 1. The fourth-order valence-corrected chi connectivity index (χ4v) is 2.16. The van der Waals surface area contributed by atoms with Gasteiger partial charge in [-0.3, -0.25) is 14.9 Å². The monoisotopic (exact) mass is 327 g/mol.